The standard InChI is InChI=1S/C25H22N2O3/c1-2-29-24-16-20(13-14-23(24)30-18-19-9-5-3-6-10-19)15-21(17-26)25(28)27-22-11-7-4-8-12-22/h3-16H,2,18H2,1H3,(H,27,28). The lowest BCUT2D eigenvalue weighted by Gasteiger charge is -2.13. The fraction of sp³-hybridized carbons (Fsp3) is 0.120. The molecule has 0 saturated heterocycles. The Balaban J connectivity index is 1.78. The van der Waals surface area contributed by atoms with E-state index in [2.05, 4.69) is 5.32 Å². The molecule has 0 atom stereocenters. The van der Waals surface area contributed by atoms with Crippen molar-refractivity contribution >= 4 is 17.7 Å². The third-order valence-electron chi connectivity index (χ3n) is 4.21. The van der Waals surface area contributed by atoms with E-state index in [0.29, 0.717) is 36.0 Å². The number of benzene rings is 3. The number of amides is 1. The third-order valence-corrected chi connectivity index (χ3v) is 4.21. The second-order valence-electron chi connectivity index (χ2n) is 6.40. The number of nitriles is 1. The van der Waals surface area contributed by atoms with Gasteiger partial charge in [-0.2, -0.15) is 5.26 Å². The van der Waals surface area contributed by atoms with Gasteiger partial charge < -0.3 is 14.8 Å². The smallest absolute Gasteiger partial charge is 0.266 e. The lowest BCUT2D eigenvalue weighted by molar-refractivity contribution is -0.112. The first-order valence-corrected chi connectivity index (χ1v) is 9.61. The van der Waals surface area contributed by atoms with Crippen LogP contribution in [0.2, 0.25) is 0 Å². The molecule has 30 heavy (non-hydrogen) atoms. The maximum absolute atomic E-state index is 12.4. The summed E-state index contributed by atoms with van der Waals surface area (Å²) in [5, 5.41) is 12.2. The number of ether oxygens (including phenoxy) is 2. The molecule has 5 nitrogen and oxygen atoms in total. The Bertz CT molecular complexity index is 1050. The van der Waals surface area contributed by atoms with Gasteiger partial charge in [-0.05, 0) is 48.4 Å². The van der Waals surface area contributed by atoms with Crippen molar-refractivity contribution < 1.29 is 14.3 Å². The number of hydrogen-bond acceptors (Lipinski definition) is 4. The zero-order chi connectivity index (χ0) is 21.2. The topological polar surface area (TPSA) is 71.3 Å². The Morgan fingerprint density at radius 1 is 0.967 bits per heavy atom. The Morgan fingerprint density at radius 2 is 1.67 bits per heavy atom. The van der Waals surface area contributed by atoms with Crippen LogP contribution in [0.25, 0.3) is 6.08 Å². The van der Waals surface area contributed by atoms with E-state index in [1.165, 1.54) is 6.08 Å². The normalized spacial score (nSPS) is 10.7. The maximum atomic E-state index is 12.4. The molecule has 5 heteroatoms. The Hall–Kier alpha value is -4.04. The van der Waals surface area contributed by atoms with Gasteiger partial charge in [-0.3, -0.25) is 4.79 Å². The molecule has 3 aromatic rings. The number of carbonyl (C=O) groups excluding carboxylic acids is 1. The van der Waals surface area contributed by atoms with Gasteiger partial charge in [0.05, 0.1) is 6.61 Å². The van der Waals surface area contributed by atoms with E-state index in [1.54, 1.807) is 30.3 Å². The van der Waals surface area contributed by atoms with Crippen LogP contribution >= 0.6 is 0 Å². The van der Waals surface area contributed by atoms with Crippen LogP contribution < -0.4 is 14.8 Å². The van der Waals surface area contributed by atoms with Crippen molar-refractivity contribution in [2.45, 2.75) is 13.5 Å². The van der Waals surface area contributed by atoms with E-state index in [1.807, 2.05) is 61.5 Å². The van der Waals surface area contributed by atoms with Crippen LogP contribution in [0.3, 0.4) is 0 Å². The van der Waals surface area contributed by atoms with Crippen LogP contribution in [-0.4, -0.2) is 12.5 Å². The maximum Gasteiger partial charge on any atom is 0.266 e. The average Bonchev–Trinajstić information content (AvgIpc) is 2.78. The fourth-order valence-electron chi connectivity index (χ4n) is 2.77. The zero-order valence-electron chi connectivity index (χ0n) is 16.7. The number of carbonyl (C=O) groups is 1. The molecule has 0 aliphatic carbocycles. The summed E-state index contributed by atoms with van der Waals surface area (Å²) in [6, 6.07) is 26.1. The highest BCUT2D eigenvalue weighted by atomic mass is 16.5. The van der Waals surface area contributed by atoms with Crippen LogP contribution in [0.4, 0.5) is 5.69 Å². The largest absolute Gasteiger partial charge is 0.490 e. The molecule has 0 radical (unpaired) electrons. The van der Waals surface area contributed by atoms with Gasteiger partial charge in [0, 0.05) is 5.69 Å². The van der Waals surface area contributed by atoms with Gasteiger partial charge in [0.1, 0.15) is 18.2 Å². The number of hydrogen-bond donors (Lipinski definition) is 1. The van der Waals surface area contributed by atoms with Crippen LogP contribution in [0.15, 0.2) is 84.4 Å². The van der Waals surface area contributed by atoms with Crippen molar-refractivity contribution in [2.75, 3.05) is 11.9 Å². The summed E-state index contributed by atoms with van der Waals surface area (Å²) in [7, 11) is 0. The minimum Gasteiger partial charge on any atom is -0.490 e. The highest BCUT2D eigenvalue weighted by Crippen LogP contribution is 2.30. The van der Waals surface area contributed by atoms with E-state index in [4.69, 9.17) is 9.47 Å². The zero-order valence-corrected chi connectivity index (χ0v) is 16.7. The van der Waals surface area contributed by atoms with E-state index in [9.17, 15) is 10.1 Å². The van der Waals surface area contributed by atoms with Gasteiger partial charge in [0.15, 0.2) is 11.5 Å². The first-order chi connectivity index (χ1) is 14.7. The molecule has 150 valence electrons. The summed E-state index contributed by atoms with van der Waals surface area (Å²) in [5.74, 6) is 0.694. The third kappa shape index (κ3) is 5.73. The predicted octanol–water partition coefficient (Wildman–Crippen LogP) is 5.21. The second kappa shape index (κ2) is 10.5. The highest BCUT2D eigenvalue weighted by molar-refractivity contribution is 6.09. The van der Waals surface area contributed by atoms with Crippen molar-refractivity contribution in [3.8, 4) is 17.6 Å². The van der Waals surface area contributed by atoms with E-state index >= 15 is 0 Å². The summed E-state index contributed by atoms with van der Waals surface area (Å²) in [5.41, 5.74) is 2.35. The van der Waals surface area contributed by atoms with Crippen LogP contribution in [0.1, 0.15) is 18.1 Å². The quantitative estimate of drug-likeness (QED) is 0.418. The molecule has 0 aromatic heterocycles. The van der Waals surface area contributed by atoms with Gasteiger partial charge in [-0.1, -0.05) is 54.6 Å². The number of anilines is 1. The van der Waals surface area contributed by atoms with Gasteiger partial charge in [-0.15, -0.1) is 0 Å². The minimum absolute atomic E-state index is 0.000689. The minimum atomic E-state index is -0.467. The summed E-state index contributed by atoms with van der Waals surface area (Å²) in [6.07, 6.45) is 1.53. The summed E-state index contributed by atoms with van der Waals surface area (Å²) >= 11 is 0. The molecule has 0 unspecified atom stereocenters. The molecule has 0 aliphatic rings. The highest BCUT2D eigenvalue weighted by Gasteiger charge is 2.11. The van der Waals surface area contributed by atoms with Gasteiger partial charge in [0.2, 0.25) is 0 Å². The SMILES string of the molecule is CCOc1cc(C=C(C#N)C(=O)Nc2ccccc2)ccc1OCc1ccccc1. The lowest BCUT2D eigenvalue weighted by atomic mass is 10.1. The van der Waals surface area contributed by atoms with Gasteiger partial charge in [-0.25, -0.2) is 0 Å². The first kappa shape index (κ1) is 20.7. The van der Waals surface area contributed by atoms with Gasteiger partial charge >= 0.3 is 0 Å². The molecule has 3 aromatic carbocycles. The van der Waals surface area contributed by atoms with Crippen molar-refractivity contribution in [3.63, 3.8) is 0 Å². The Morgan fingerprint density at radius 3 is 2.33 bits per heavy atom. The first-order valence-electron chi connectivity index (χ1n) is 9.61. The van der Waals surface area contributed by atoms with E-state index < -0.39 is 5.91 Å². The number of para-hydroxylation sites is 1. The molecule has 1 N–H and O–H groups in total. The summed E-state index contributed by atoms with van der Waals surface area (Å²) in [4.78, 5) is 12.4. The van der Waals surface area contributed by atoms with Crippen LogP contribution in [0.5, 0.6) is 11.5 Å². The molecular formula is C25H22N2O3. The van der Waals surface area contributed by atoms with Crippen molar-refractivity contribution in [1.82, 2.24) is 0 Å². The number of rotatable bonds is 8. The molecule has 0 spiro atoms. The molecule has 3 rings (SSSR count). The molecule has 1 amide bonds. The van der Waals surface area contributed by atoms with E-state index in [-0.39, 0.29) is 5.57 Å². The van der Waals surface area contributed by atoms with E-state index in [0.717, 1.165) is 5.56 Å². The van der Waals surface area contributed by atoms with Crippen LogP contribution in [0, 0.1) is 11.3 Å². The van der Waals surface area contributed by atoms with Crippen molar-refractivity contribution in [3.05, 3.63) is 95.6 Å². The average molecular weight is 398 g/mol. The Labute approximate surface area is 176 Å². The lowest BCUT2D eigenvalue weighted by Crippen LogP contribution is -2.13. The molecule has 0 heterocycles. The fourth-order valence-corrected chi connectivity index (χ4v) is 2.77. The molecular weight excluding hydrogens is 376 g/mol. The van der Waals surface area contributed by atoms with Crippen LogP contribution in [-0.2, 0) is 11.4 Å². The number of nitrogens with one attached hydrogen (secondary N) is 1. The Kier molecular flexibility index (Phi) is 7.23. The molecule has 0 aliphatic heterocycles. The van der Waals surface area contributed by atoms with Crippen molar-refractivity contribution in [2.24, 2.45) is 0 Å². The second-order valence-corrected chi connectivity index (χ2v) is 6.40. The van der Waals surface area contributed by atoms with Gasteiger partial charge in [0.25, 0.3) is 5.91 Å². The molecule has 0 fully saturated rings. The summed E-state index contributed by atoms with van der Waals surface area (Å²) < 4.78 is 11.6. The predicted molar refractivity (Wildman–Crippen MR) is 117 cm³/mol. The summed E-state index contributed by atoms with van der Waals surface area (Å²) in [6.45, 7) is 2.77. The number of nitrogens with zero attached hydrogens (tertiary/aromatic N) is 1. The molecule has 0 bridgehead atoms. The molecule has 0 saturated carbocycles. The van der Waals surface area contributed by atoms with Crippen molar-refractivity contribution in [1.29, 1.82) is 5.26 Å². The monoisotopic (exact) mass is 398 g/mol.